The molecule has 0 amide bonds. The van der Waals surface area contributed by atoms with Gasteiger partial charge in [-0.1, -0.05) is 29.3 Å². The number of nitrogens with two attached hydrogens (primary N) is 2. The van der Waals surface area contributed by atoms with Gasteiger partial charge in [0.25, 0.3) is 0 Å². The zero-order valence-electron chi connectivity index (χ0n) is 11.8. The molecule has 0 saturated carbocycles. The molecule has 7 nitrogen and oxygen atoms in total. The van der Waals surface area contributed by atoms with Gasteiger partial charge in [0, 0.05) is 5.75 Å². The van der Waals surface area contributed by atoms with Crippen molar-refractivity contribution in [2.75, 3.05) is 17.2 Å². The first-order valence-corrected chi connectivity index (χ1v) is 8.28. The molecule has 122 valence electrons. The molecule has 0 aliphatic heterocycles. The van der Waals surface area contributed by atoms with Crippen LogP contribution in [0.25, 0.3) is 0 Å². The molecule has 0 unspecified atom stereocenters. The van der Waals surface area contributed by atoms with E-state index in [1.54, 1.807) is 12.1 Å². The van der Waals surface area contributed by atoms with E-state index in [1.807, 2.05) is 6.07 Å². The van der Waals surface area contributed by atoms with Crippen molar-refractivity contribution in [2.45, 2.75) is 12.4 Å². The summed E-state index contributed by atoms with van der Waals surface area (Å²) in [6.45, 7) is -0.108. The summed E-state index contributed by atoms with van der Waals surface area (Å²) in [5.74, 6) is 0.564. The Labute approximate surface area is 146 Å². The number of carbonyl (C=O) groups is 1. The van der Waals surface area contributed by atoms with Gasteiger partial charge in [0.1, 0.15) is 0 Å². The largest absolute Gasteiger partial charge is 0.457 e. The first-order valence-electron chi connectivity index (χ1n) is 6.37. The van der Waals surface area contributed by atoms with E-state index < -0.39 is 5.97 Å². The van der Waals surface area contributed by atoms with Crippen LogP contribution in [0.3, 0.4) is 0 Å². The number of thioether (sulfide) groups is 1. The number of hydrogen-bond donors (Lipinski definition) is 2. The van der Waals surface area contributed by atoms with Crippen molar-refractivity contribution >= 4 is 52.8 Å². The summed E-state index contributed by atoms with van der Waals surface area (Å²) in [5, 5.41) is 0.980. The summed E-state index contributed by atoms with van der Waals surface area (Å²) in [4.78, 5) is 22.9. The standard InChI is InChI=1S/C13H13Cl2N5O2S/c14-8-2-1-7(3-9(8)15)5-23-6-11(21)22-4-10-18-12(16)20-13(17)19-10/h1-3H,4-6H2,(H4,16,17,18,19,20). The highest BCUT2D eigenvalue weighted by molar-refractivity contribution is 7.99. The van der Waals surface area contributed by atoms with Gasteiger partial charge in [-0.05, 0) is 17.7 Å². The van der Waals surface area contributed by atoms with Crippen LogP contribution in [0.5, 0.6) is 0 Å². The van der Waals surface area contributed by atoms with E-state index in [1.165, 1.54) is 11.8 Å². The van der Waals surface area contributed by atoms with Crippen LogP contribution in [0.2, 0.25) is 10.0 Å². The normalized spacial score (nSPS) is 10.5. The minimum absolute atomic E-state index is 0.0162. The Kier molecular flexibility index (Phi) is 6.26. The van der Waals surface area contributed by atoms with E-state index in [2.05, 4.69) is 15.0 Å². The second-order valence-electron chi connectivity index (χ2n) is 4.37. The summed E-state index contributed by atoms with van der Waals surface area (Å²) >= 11 is 13.2. The lowest BCUT2D eigenvalue weighted by Gasteiger charge is -2.05. The van der Waals surface area contributed by atoms with Crippen LogP contribution < -0.4 is 11.5 Å². The molecule has 2 rings (SSSR count). The average Bonchev–Trinajstić information content (AvgIpc) is 2.48. The third kappa shape index (κ3) is 5.74. The molecule has 1 aromatic heterocycles. The Balaban J connectivity index is 1.75. The van der Waals surface area contributed by atoms with Gasteiger partial charge in [-0.2, -0.15) is 15.0 Å². The van der Waals surface area contributed by atoms with Gasteiger partial charge < -0.3 is 16.2 Å². The highest BCUT2D eigenvalue weighted by Gasteiger charge is 2.08. The van der Waals surface area contributed by atoms with Gasteiger partial charge >= 0.3 is 5.97 Å². The van der Waals surface area contributed by atoms with E-state index in [0.29, 0.717) is 15.8 Å². The van der Waals surface area contributed by atoms with Crippen LogP contribution in [0.15, 0.2) is 18.2 Å². The number of esters is 1. The van der Waals surface area contributed by atoms with Gasteiger partial charge in [0.2, 0.25) is 11.9 Å². The third-order valence-corrected chi connectivity index (χ3v) is 4.27. The molecule has 0 saturated heterocycles. The zero-order chi connectivity index (χ0) is 16.8. The summed E-state index contributed by atoms with van der Waals surface area (Å²) in [5.41, 5.74) is 11.8. The minimum atomic E-state index is -0.396. The second-order valence-corrected chi connectivity index (χ2v) is 6.17. The van der Waals surface area contributed by atoms with E-state index in [4.69, 9.17) is 39.4 Å². The van der Waals surface area contributed by atoms with Gasteiger partial charge in [-0.3, -0.25) is 4.79 Å². The summed E-state index contributed by atoms with van der Waals surface area (Å²) in [6.07, 6.45) is 0. The van der Waals surface area contributed by atoms with Crippen molar-refractivity contribution in [1.82, 2.24) is 15.0 Å². The maximum Gasteiger partial charge on any atom is 0.316 e. The number of hydrogen-bond acceptors (Lipinski definition) is 8. The van der Waals surface area contributed by atoms with Crippen LogP contribution >= 0.6 is 35.0 Å². The number of anilines is 2. The number of ether oxygens (including phenoxy) is 1. The highest BCUT2D eigenvalue weighted by atomic mass is 35.5. The predicted molar refractivity (Wildman–Crippen MR) is 91.1 cm³/mol. The molecule has 0 spiro atoms. The smallest absolute Gasteiger partial charge is 0.316 e. The SMILES string of the molecule is Nc1nc(N)nc(COC(=O)CSCc2ccc(Cl)c(Cl)c2)n1. The molecule has 4 N–H and O–H groups in total. The van der Waals surface area contributed by atoms with E-state index >= 15 is 0 Å². The first-order chi connectivity index (χ1) is 10.9. The Morgan fingerprint density at radius 3 is 2.48 bits per heavy atom. The van der Waals surface area contributed by atoms with E-state index in [0.717, 1.165) is 5.56 Å². The number of rotatable bonds is 6. The van der Waals surface area contributed by atoms with Crippen molar-refractivity contribution in [1.29, 1.82) is 0 Å². The first kappa shape index (κ1) is 17.6. The Bertz CT molecular complexity index is 697. The van der Waals surface area contributed by atoms with Crippen LogP contribution in [-0.2, 0) is 21.9 Å². The van der Waals surface area contributed by atoms with Gasteiger partial charge in [0.15, 0.2) is 12.4 Å². The number of benzene rings is 1. The monoisotopic (exact) mass is 373 g/mol. The molecule has 0 bridgehead atoms. The highest BCUT2D eigenvalue weighted by Crippen LogP contribution is 2.24. The van der Waals surface area contributed by atoms with Crippen LogP contribution in [0, 0.1) is 0 Å². The topological polar surface area (TPSA) is 117 Å². The van der Waals surface area contributed by atoms with Gasteiger partial charge in [-0.15, -0.1) is 11.8 Å². The van der Waals surface area contributed by atoms with Crippen molar-refractivity contribution in [3.8, 4) is 0 Å². The molecule has 1 aromatic carbocycles. The third-order valence-electron chi connectivity index (χ3n) is 2.55. The second kappa shape index (κ2) is 8.19. The molecule has 0 radical (unpaired) electrons. The van der Waals surface area contributed by atoms with Crippen molar-refractivity contribution in [2.24, 2.45) is 0 Å². The quantitative estimate of drug-likeness (QED) is 0.740. The lowest BCUT2D eigenvalue weighted by Crippen LogP contribution is -2.12. The van der Waals surface area contributed by atoms with E-state index in [9.17, 15) is 4.79 Å². The lowest BCUT2D eigenvalue weighted by atomic mass is 10.2. The number of aromatic nitrogens is 3. The van der Waals surface area contributed by atoms with E-state index in [-0.39, 0.29) is 30.1 Å². The van der Waals surface area contributed by atoms with Crippen LogP contribution in [-0.4, -0.2) is 26.7 Å². The molecule has 0 fully saturated rings. The number of nitrogens with zero attached hydrogens (tertiary/aromatic N) is 3. The zero-order valence-corrected chi connectivity index (χ0v) is 14.2. The summed E-state index contributed by atoms with van der Waals surface area (Å²) in [7, 11) is 0. The Morgan fingerprint density at radius 2 is 1.83 bits per heavy atom. The fraction of sp³-hybridized carbons (Fsp3) is 0.231. The van der Waals surface area contributed by atoms with Gasteiger partial charge in [0.05, 0.1) is 15.8 Å². The van der Waals surface area contributed by atoms with Crippen molar-refractivity contribution in [3.63, 3.8) is 0 Å². The maximum atomic E-state index is 11.7. The van der Waals surface area contributed by atoms with Gasteiger partial charge in [-0.25, -0.2) is 0 Å². The summed E-state index contributed by atoms with van der Waals surface area (Å²) in [6, 6.07) is 5.33. The predicted octanol–water partition coefficient (Wildman–Crippen LogP) is 2.32. The van der Waals surface area contributed by atoms with Crippen molar-refractivity contribution in [3.05, 3.63) is 39.6 Å². The molecule has 0 aliphatic rings. The fourth-order valence-electron chi connectivity index (χ4n) is 1.59. The Morgan fingerprint density at radius 1 is 1.13 bits per heavy atom. The fourth-order valence-corrected chi connectivity index (χ4v) is 2.68. The molecule has 10 heteroatoms. The summed E-state index contributed by atoms with van der Waals surface area (Å²) < 4.78 is 5.05. The molecule has 0 atom stereocenters. The number of carbonyl (C=O) groups excluding carboxylic acids is 1. The van der Waals surface area contributed by atoms with Crippen LogP contribution in [0.1, 0.15) is 11.4 Å². The molecule has 1 heterocycles. The number of halogens is 2. The number of nitrogen functional groups attached to an aromatic ring is 2. The average molecular weight is 374 g/mol. The molecular formula is C13H13Cl2N5O2S. The lowest BCUT2D eigenvalue weighted by molar-refractivity contribution is -0.141. The molecular weight excluding hydrogens is 361 g/mol. The minimum Gasteiger partial charge on any atom is -0.457 e. The van der Waals surface area contributed by atoms with Crippen molar-refractivity contribution < 1.29 is 9.53 Å². The molecule has 0 aliphatic carbocycles. The van der Waals surface area contributed by atoms with Crippen LogP contribution in [0.4, 0.5) is 11.9 Å². The Hall–Kier alpha value is -1.77. The molecule has 2 aromatic rings. The molecule has 23 heavy (non-hydrogen) atoms. The maximum absolute atomic E-state index is 11.7.